The van der Waals surface area contributed by atoms with E-state index in [9.17, 15) is 14.4 Å². The Bertz CT molecular complexity index is 1040. The lowest BCUT2D eigenvalue weighted by atomic mass is 9.74. The number of alkyl carbamates (subject to hydrolysis) is 1. The molecule has 0 aliphatic heterocycles. The number of hydrogen-bond acceptors (Lipinski definition) is 4. The van der Waals surface area contributed by atoms with Gasteiger partial charge in [0, 0.05) is 18.9 Å². The van der Waals surface area contributed by atoms with Crippen LogP contribution in [0.4, 0.5) is 4.79 Å². The van der Waals surface area contributed by atoms with Gasteiger partial charge in [0.15, 0.2) is 0 Å². The molecular formula is C27H32N2O5. The van der Waals surface area contributed by atoms with Crippen LogP contribution in [0.3, 0.4) is 0 Å². The van der Waals surface area contributed by atoms with Gasteiger partial charge in [-0.2, -0.15) is 0 Å². The van der Waals surface area contributed by atoms with Gasteiger partial charge in [0.2, 0.25) is 5.91 Å². The first kappa shape index (κ1) is 23.8. The number of carboxylic acids is 1. The zero-order valence-corrected chi connectivity index (χ0v) is 19.7. The molecule has 0 radical (unpaired) electrons. The first-order chi connectivity index (χ1) is 16.2. The van der Waals surface area contributed by atoms with Crippen molar-refractivity contribution in [3.63, 3.8) is 0 Å². The standard InChI is InChI=1S/C27H32N2O5/c1-26(2,14-23(30)29-27(12-7-13-27)15-24(31)32)17-28-25(33)34-16-22-20-10-5-3-8-18(20)19-9-4-6-11-21(19)22/h3-6,8-11,22H,7,12-17H2,1-2H3,(H,28,33)(H,29,30)(H,31,32). The van der Waals surface area contributed by atoms with Gasteiger partial charge >= 0.3 is 12.1 Å². The van der Waals surface area contributed by atoms with Crippen molar-refractivity contribution in [3.05, 3.63) is 59.7 Å². The fraction of sp³-hybridized carbons (Fsp3) is 0.444. The minimum Gasteiger partial charge on any atom is -0.481 e. The number of carboxylic acid groups (broad SMARTS) is 1. The Morgan fingerprint density at radius 3 is 2.15 bits per heavy atom. The lowest BCUT2D eigenvalue weighted by Crippen LogP contribution is -2.55. The normalized spacial score (nSPS) is 16.1. The highest BCUT2D eigenvalue weighted by molar-refractivity contribution is 5.80. The molecular weight excluding hydrogens is 432 g/mol. The van der Waals surface area contributed by atoms with Crippen LogP contribution in [0.25, 0.3) is 11.1 Å². The molecule has 0 atom stereocenters. The van der Waals surface area contributed by atoms with Crippen LogP contribution in [-0.4, -0.2) is 41.8 Å². The van der Waals surface area contributed by atoms with E-state index in [2.05, 4.69) is 34.9 Å². The maximum atomic E-state index is 12.6. The zero-order chi connectivity index (χ0) is 24.3. The van der Waals surface area contributed by atoms with Crippen LogP contribution in [0.15, 0.2) is 48.5 Å². The molecule has 0 heterocycles. The fourth-order valence-corrected chi connectivity index (χ4v) is 5.04. The molecule has 180 valence electrons. The van der Waals surface area contributed by atoms with Crippen molar-refractivity contribution in [3.8, 4) is 11.1 Å². The van der Waals surface area contributed by atoms with Crippen LogP contribution >= 0.6 is 0 Å². The number of ether oxygens (including phenoxy) is 1. The molecule has 4 rings (SSSR count). The van der Waals surface area contributed by atoms with Gasteiger partial charge < -0.3 is 20.5 Å². The van der Waals surface area contributed by atoms with Crippen LogP contribution in [-0.2, 0) is 14.3 Å². The first-order valence-corrected chi connectivity index (χ1v) is 11.8. The van der Waals surface area contributed by atoms with E-state index in [1.54, 1.807) is 0 Å². The Morgan fingerprint density at radius 2 is 1.62 bits per heavy atom. The van der Waals surface area contributed by atoms with Gasteiger partial charge in [-0.15, -0.1) is 0 Å². The van der Waals surface area contributed by atoms with Crippen LogP contribution in [0.2, 0.25) is 0 Å². The quantitative estimate of drug-likeness (QED) is 0.508. The topological polar surface area (TPSA) is 105 Å². The summed E-state index contributed by atoms with van der Waals surface area (Å²) in [6, 6.07) is 16.3. The van der Waals surface area contributed by atoms with E-state index in [-0.39, 0.29) is 37.8 Å². The van der Waals surface area contributed by atoms with E-state index in [0.29, 0.717) is 12.8 Å². The molecule has 3 N–H and O–H groups in total. The molecule has 0 aromatic heterocycles. The summed E-state index contributed by atoms with van der Waals surface area (Å²) in [4.78, 5) is 36.2. The summed E-state index contributed by atoms with van der Waals surface area (Å²) in [7, 11) is 0. The van der Waals surface area contributed by atoms with E-state index in [1.165, 1.54) is 11.1 Å². The molecule has 0 unspecified atom stereocenters. The second kappa shape index (κ2) is 9.49. The second-order valence-corrected chi connectivity index (χ2v) is 10.3. The third-order valence-corrected chi connectivity index (χ3v) is 6.90. The van der Waals surface area contributed by atoms with Gasteiger partial charge in [-0.25, -0.2) is 4.79 Å². The van der Waals surface area contributed by atoms with E-state index in [0.717, 1.165) is 17.5 Å². The smallest absolute Gasteiger partial charge is 0.407 e. The molecule has 2 aliphatic carbocycles. The predicted molar refractivity (Wildman–Crippen MR) is 128 cm³/mol. The monoisotopic (exact) mass is 464 g/mol. The van der Waals surface area contributed by atoms with Crippen molar-refractivity contribution in [2.45, 2.75) is 57.4 Å². The molecule has 0 spiro atoms. The number of benzene rings is 2. The summed E-state index contributed by atoms with van der Waals surface area (Å²) in [5.41, 5.74) is 3.51. The van der Waals surface area contributed by atoms with Crippen molar-refractivity contribution in [1.82, 2.24) is 10.6 Å². The Labute approximate surface area is 199 Å². The highest BCUT2D eigenvalue weighted by atomic mass is 16.5. The molecule has 34 heavy (non-hydrogen) atoms. The lowest BCUT2D eigenvalue weighted by molar-refractivity contribution is -0.140. The molecule has 1 fully saturated rings. The minimum absolute atomic E-state index is 0.00941. The Morgan fingerprint density at radius 1 is 1.03 bits per heavy atom. The molecule has 0 bridgehead atoms. The second-order valence-electron chi connectivity index (χ2n) is 10.3. The zero-order valence-electron chi connectivity index (χ0n) is 19.7. The number of hydrogen-bond donors (Lipinski definition) is 3. The summed E-state index contributed by atoms with van der Waals surface area (Å²) in [5, 5.41) is 14.8. The van der Waals surface area contributed by atoms with Crippen LogP contribution in [0.1, 0.15) is 63.0 Å². The van der Waals surface area contributed by atoms with Gasteiger partial charge in [0.05, 0.1) is 12.0 Å². The van der Waals surface area contributed by atoms with Crippen molar-refractivity contribution in [2.24, 2.45) is 5.41 Å². The molecule has 1 saturated carbocycles. The van der Waals surface area contributed by atoms with Gasteiger partial charge in [-0.05, 0) is 46.9 Å². The minimum atomic E-state index is -0.906. The number of carbonyl (C=O) groups excluding carboxylic acids is 2. The van der Waals surface area contributed by atoms with E-state index in [4.69, 9.17) is 9.84 Å². The average molecular weight is 465 g/mol. The third kappa shape index (κ3) is 5.24. The number of carbonyl (C=O) groups is 3. The van der Waals surface area contributed by atoms with Crippen LogP contribution < -0.4 is 10.6 Å². The van der Waals surface area contributed by atoms with Crippen molar-refractivity contribution in [2.75, 3.05) is 13.2 Å². The lowest BCUT2D eigenvalue weighted by Gasteiger charge is -2.42. The van der Waals surface area contributed by atoms with Crippen LogP contribution in [0, 0.1) is 5.41 Å². The molecule has 2 aromatic carbocycles. The SMILES string of the molecule is CC(C)(CNC(=O)OCC1c2ccccc2-c2ccccc21)CC(=O)NC1(CC(=O)O)CCC1. The Kier molecular flexibility index (Phi) is 6.64. The number of fused-ring (bicyclic) bond motifs is 3. The fourth-order valence-electron chi connectivity index (χ4n) is 5.04. The molecule has 0 saturated heterocycles. The van der Waals surface area contributed by atoms with Gasteiger partial charge in [0.25, 0.3) is 0 Å². The number of nitrogens with one attached hydrogen (secondary N) is 2. The van der Waals surface area contributed by atoms with Gasteiger partial charge in [-0.1, -0.05) is 62.4 Å². The summed E-state index contributed by atoms with van der Waals surface area (Å²) < 4.78 is 5.58. The average Bonchev–Trinajstić information content (AvgIpc) is 3.08. The Hall–Kier alpha value is -3.35. The molecule has 2 amide bonds. The van der Waals surface area contributed by atoms with Gasteiger partial charge in [0.1, 0.15) is 6.61 Å². The molecule has 7 nitrogen and oxygen atoms in total. The number of amides is 2. The number of rotatable bonds is 9. The van der Waals surface area contributed by atoms with E-state index < -0.39 is 23.0 Å². The molecule has 2 aliphatic rings. The predicted octanol–water partition coefficient (Wildman–Crippen LogP) is 4.46. The summed E-state index contributed by atoms with van der Waals surface area (Å²) in [6.45, 7) is 4.28. The van der Waals surface area contributed by atoms with Crippen molar-refractivity contribution >= 4 is 18.0 Å². The summed E-state index contributed by atoms with van der Waals surface area (Å²) in [5.74, 6) is -1.11. The van der Waals surface area contributed by atoms with E-state index >= 15 is 0 Å². The van der Waals surface area contributed by atoms with Gasteiger partial charge in [-0.3, -0.25) is 9.59 Å². The molecule has 2 aromatic rings. The van der Waals surface area contributed by atoms with E-state index in [1.807, 2.05) is 38.1 Å². The number of aliphatic carboxylic acids is 1. The maximum absolute atomic E-state index is 12.6. The Balaban J connectivity index is 1.28. The van der Waals surface area contributed by atoms with Crippen molar-refractivity contribution < 1.29 is 24.2 Å². The first-order valence-electron chi connectivity index (χ1n) is 11.8. The van der Waals surface area contributed by atoms with Crippen LogP contribution in [0.5, 0.6) is 0 Å². The summed E-state index contributed by atoms with van der Waals surface area (Å²) in [6.07, 6.45) is 1.89. The highest BCUT2D eigenvalue weighted by Gasteiger charge is 2.41. The summed E-state index contributed by atoms with van der Waals surface area (Å²) >= 11 is 0. The van der Waals surface area contributed by atoms with Crippen molar-refractivity contribution in [1.29, 1.82) is 0 Å². The highest BCUT2D eigenvalue weighted by Crippen LogP contribution is 2.44. The largest absolute Gasteiger partial charge is 0.481 e. The maximum Gasteiger partial charge on any atom is 0.407 e. The third-order valence-electron chi connectivity index (χ3n) is 6.90. The molecule has 7 heteroatoms.